The predicted molar refractivity (Wildman–Crippen MR) is 137 cm³/mol. The molecule has 1 aliphatic rings. The van der Waals surface area contributed by atoms with Gasteiger partial charge >= 0.3 is 5.97 Å². The molecule has 4 rings (SSSR count). The Labute approximate surface area is 204 Å². The summed E-state index contributed by atoms with van der Waals surface area (Å²) >= 11 is 1.63. The zero-order valence-corrected chi connectivity index (χ0v) is 21.3. The van der Waals surface area contributed by atoms with Crippen LogP contribution in [0.3, 0.4) is 0 Å². The van der Waals surface area contributed by atoms with E-state index >= 15 is 0 Å². The largest absolute Gasteiger partial charge is 0.493 e. The van der Waals surface area contributed by atoms with Gasteiger partial charge in [0.1, 0.15) is 4.83 Å². The van der Waals surface area contributed by atoms with Crippen molar-refractivity contribution in [3.63, 3.8) is 0 Å². The molecule has 0 atom stereocenters. The molecule has 1 aliphatic heterocycles. The number of thiophene rings is 1. The number of ether oxygens (including phenoxy) is 3. The van der Waals surface area contributed by atoms with Crippen LogP contribution in [-0.4, -0.2) is 62.5 Å². The van der Waals surface area contributed by atoms with Crippen LogP contribution in [0.2, 0.25) is 0 Å². The van der Waals surface area contributed by atoms with Crippen LogP contribution in [0.15, 0.2) is 23.2 Å². The molecular formula is C26H31N3O4S. The number of aromatic nitrogens is 1. The molecule has 0 saturated carbocycles. The molecule has 7 nitrogen and oxygen atoms in total. The lowest BCUT2D eigenvalue weighted by molar-refractivity contribution is 0.0524. The summed E-state index contributed by atoms with van der Waals surface area (Å²) in [4.78, 5) is 27.3. The van der Waals surface area contributed by atoms with E-state index in [1.807, 2.05) is 31.3 Å². The maximum Gasteiger partial charge on any atom is 0.340 e. The van der Waals surface area contributed by atoms with E-state index in [1.54, 1.807) is 25.6 Å². The van der Waals surface area contributed by atoms with Gasteiger partial charge in [-0.3, -0.25) is 9.89 Å². The van der Waals surface area contributed by atoms with Crippen LogP contribution < -0.4 is 9.47 Å². The highest BCUT2D eigenvalue weighted by Crippen LogP contribution is 2.43. The fourth-order valence-corrected chi connectivity index (χ4v) is 5.55. The van der Waals surface area contributed by atoms with Gasteiger partial charge < -0.3 is 14.2 Å². The van der Waals surface area contributed by atoms with Gasteiger partial charge in [-0.15, -0.1) is 11.3 Å². The Hall–Kier alpha value is -2.97. The number of fused-ring (bicyclic) bond motifs is 3. The van der Waals surface area contributed by atoms with Gasteiger partial charge in [-0.2, -0.15) is 0 Å². The number of aliphatic imine (C=N–C) groups is 1. The first kappa shape index (κ1) is 24.2. The van der Waals surface area contributed by atoms with Crippen molar-refractivity contribution in [2.24, 2.45) is 4.99 Å². The molecule has 0 fully saturated rings. The Balaban J connectivity index is 2.09. The van der Waals surface area contributed by atoms with E-state index in [2.05, 4.69) is 23.7 Å². The summed E-state index contributed by atoms with van der Waals surface area (Å²) in [7, 11) is 3.23. The number of hydrogen-bond donors (Lipinski definition) is 0. The molecule has 1 aromatic carbocycles. The van der Waals surface area contributed by atoms with Gasteiger partial charge in [-0.1, -0.05) is 19.9 Å². The molecule has 34 heavy (non-hydrogen) atoms. The van der Waals surface area contributed by atoms with Crippen LogP contribution in [0, 0.1) is 0 Å². The Morgan fingerprint density at radius 2 is 1.88 bits per heavy atom. The number of carbonyl (C=O) groups is 1. The molecule has 2 aromatic heterocycles. The highest BCUT2D eigenvalue weighted by atomic mass is 32.1. The standard InChI is InChI=1S/C26H31N3O4S/c1-6-29(7-2)15-18-24(26(30)33-8-3)22(16-9-10-19(31-4)20(13-16)32-5)23-17-11-12-27-14-21(17)34-25(23)28-18/h9-10,13-14H,6-8,11-12,15H2,1-5H3. The van der Waals surface area contributed by atoms with E-state index < -0.39 is 0 Å². The third kappa shape index (κ3) is 4.40. The van der Waals surface area contributed by atoms with Crippen molar-refractivity contribution < 1.29 is 19.0 Å². The number of hydrogen-bond acceptors (Lipinski definition) is 8. The quantitative estimate of drug-likeness (QED) is 0.402. The van der Waals surface area contributed by atoms with Gasteiger partial charge in [0.05, 0.1) is 37.0 Å². The normalized spacial score (nSPS) is 12.8. The lowest BCUT2D eigenvalue weighted by Crippen LogP contribution is -2.25. The van der Waals surface area contributed by atoms with Crippen LogP contribution in [-0.2, 0) is 17.7 Å². The van der Waals surface area contributed by atoms with Crippen molar-refractivity contribution in [2.45, 2.75) is 33.7 Å². The molecular weight excluding hydrogens is 450 g/mol. The van der Waals surface area contributed by atoms with Gasteiger partial charge in [0.25, 0.3) is 0 Å². The summed E-state index contributed by atoms with van der Waals surface area (Å²) < 4.78 is 16.6. The summed E-state index contributed by atoms with van der Waals surface area (Å²) in [5, 5.41) is 1.00. The molecule has 3 aromatic rings. The fraction of sp³-hybridized carbons (Fsp3) is 0.423. The third-order valence-electron chi connectivity index (χ3n) is 6.16. The topological polar surface area (TPSA) is 73.2 Å². The summed E-state index contributed by atoms with van der Waals surface area (Å²) in [6, 6.07) is 5.78. The highest BCUT2D eigenvalue weighted by Gasteiger charge is 2.29. The minimum absolute atomic E-state index is 0.293. The third-order valence-corrected chi connectivity index (χ3v) is 7.22. The monoisotopic (exact) mass is 481 g/mol. The van der Waals surface area contributed by atoms with E-state index in [9.17, 15) is 4.79 Å². The van der Waals surface area contributed by atoms with E-state index in [0.29, 0.717) is 30.2 Å². The van der Waals surface area contributed by atoms with Gasteiger partial charge in [0.2, 0.25) is 0 Å². The summed E-state index contributed by atoms with van der Waals surface area (Å²) in [6.45, 7) is 9.35. The van der Waals surface area contributed by atoms with Crippen molar-refractivity contribution in [3.05, 3.63) is 39.9 Å². The van der Waals surface area contributed by atoms with Crippen LogP contribution in [0.5, 0.6) is 11.5 Å². The van der Waals surface area contributed by atoms with Gasteiger partial charge in [0.15, 0.2) is 11.5 Å². The minimum Gasteiger partial charge on any atom is -0.493 e. The fourth-order valence-electron chi connectivity index (χ4n) is 4.41. The lowest BCUT2D eigenvalue weighted by Gasteiger charge is -2.22. The minimum atomic E-state index is -0.353. The molecule has 0 aliphatic carbocycles. The van der Waals surface area contributed by atoms with E-state index in [1.165, 1.54) is 5.56 Å². The number of esters is 1. The second-order valence-corrected chi connectivity index (χ2v) is 9.00. The SMILES string of the molecule is CCOC(=O)c1c(CN(CC)CC)nc2sc3c(c2c1-c1ccc(OC)c(OC)c1)CCN=C3. The maximum atomic E-state index is 13.5. The molecule has 0 N–H and O–H groups in total. The van der Waals surface area contributed by atoms with Gasteiger partial charge in [-0.25, -0.2) is 9.78 Å². The van der Waals surface area contributed by atoms with E-state index in [4.69, 9.17) is 19.2 Å². The molecule has 0 spiro atoms. The van der Waals surface area contributed by atoms with Crippen LogP contribution in [0.1, 0.15) is 47.3 Å². The first-order valence-electron chi connectivity index (χ1n) is 11.7. The molecule has 3 heterocycles. The van der Waals surface area contributed by atoms with Crippen molar-refractivity contribution in [1.82, 2.24) is 9.88 Å². The second kappa shape index (κ2) is 10.5. The zero-order chi connectivity index (χ0) is 24.2. The first-order valence-corrected chi connectivity index (χ1v) is 12.5. The van der Waals surface area contributed by atoms with Gasteiger partial charge in [-0.05, 0) is 49.7 Å². The van der Waals surface area contributed by atoms with E-state index in [-0.39, 0.29) is 5.97 Å². The summed E-state index contributed by atoms with van der Waals surface area (Å²) in [5.41, 5.74) is 4.16. The Kier molecular flexibility index (Phi) is 7.48. The van der Waals surface area contributed by atoms with Gasteiger partial charge in [0, 0.05) is 30.3 Å². The number of benzene rings is 1. The first-order chi connectivity index (χ1) is 16.6. The molecule has 0 unspecified atom stereocenters. The molecule has 0 amide bonds. The number of rotatable bonds is 9. The number of pyridine rings is 1. The maximum absolute atomic E-state index is 13.5. The second-order valence-electron chi connectivity index (χ2n) is 7.97. The summed E-state index contributed by atoms with van der Waals surface area (Å²) in [6.07, 6.45) is 2.74. The smallest absolute Gasteiger partial charge is 0.340 e. The Bertz CT molecular complexity index is 1230. The number of methoxy groups -OCH3 is 2. The van der Waals surface area contributed by atoms with Crippen molar-refractivity contribution in [3.8, 4) is 22.6 Å². The van der Waals surface area contributed by atoms with Crippen molar-refractivity contribution in [1.29, 1.82) is 0 Å². The van der Waals surface area contributed by atoms with Crippen LogP contribution >= 0.6 is 11.3 Å². The number of carbonyl (C=O) groups excluding carboxylic acids is 1. The van der Waals surface area contributed by atoms with Crippen LogP contribution in [0.4, 0.5) is 0 Å². The predicted octanol–water partition coefficient (Wildman–Crippen LogP) is 4.97. The zero-order valence-electron chi connectivity index (χ0n) is 20.4. The molecule has 180 valence electrons. The van der Waals surface area contributed by atoms with Crippen LogP contribution in [0.25, 0.3) is 21.3 Å². The lowest BCUT2D eigenvalue weighted by atomic mass is 9.92. The molecule has 0 bridgehead atoms. The average molecular weight is 482 g/mol. The van der Waals surface area contributed by atoms with Crippen molar-refractivity contribution in [2.75, 3.05) is 40.5 Å². The molecule has 8 heteroatoms. The Morgan fingerprint density at radius 3 is 2.56 bits per heavy atom. The highest BCUT2D eigenvalue weighted by molar-refractivity contribution is 7.20. The summed E-state index contributed by atoms with van der Waals surface area (Å²) in [5.74, 6) is 0.890. The van der Waals surface area contributed by atoms with Crippen molar-refractivity contribution >= 4 is 33.7 Å². The molecule has 0 saturated heterocycles. The number of nitrogens with zero attached hydrogens (tertiary/aromatic N) is 3. The average Bonchev–Trinajstić information content (AvgIpc) is 3.24. The molecule has 0 radical (unpaired) electrons. The Morgan fingerprint density at radius 1 is 1.12 bits per heavy atom. The van der Waals surface area contributed by atoms with E-state index in [0.717, 1.165) is 58.0 Å².